The fourth-order valence-corrected chi connectivity index (χ4v) is 7.90. The summed E-state index contributed by atoms with van der Waals surface area (Å²) in [4.78, 5) is 0. The second-order valence-corrected chi connectivity index (χ2v) is 9.45. The van der Waals surface area contributed by atoms with Crippen molar-refractivity contribution in [1.29, 1.82) is 0 Å². The average molecular weight is 305 g/mol. The summed E-state index contributed by atoms with van der Waals surface area (Å²) in [6.07, 6.45) is 13.7. The molecule has 3 aliphatic carbocycles. The van der Waals surface area contributed by atoms with E-state index in [1.54, 1.807) is 25.7 Å². The van der Waals surface area contributed by atoms with Crippen LogP contribution >= 0.6 is 0 Å². The van der Waals surface area contributed by atoms with Gasteiger partial charge in [0.15, 0.2) is 0 Å². The van der Waals surface area contributed by atoms with Crippen molar-refractivity contribution < 1.29 is 0 Å². The van der Waals surface area contributed by atoms with Crippen molar-refractivity contribution in [3.8, 4) is 0 Å². The van der Waals surface area contributed by atoms with E-state index in [0.29, 0.717) is 5.41 Å². The predicted octanol–water partition coefficient (Wildman–Crippen LogP) is 6.94. The first-order valence-electron chi connectivity index (χ1n) is 10.6. The summed E-state index contributed by atoms with van der Waals surface area (Å²) in [6.45, 7) is 12.5. The van der Waals surface area contributed by atoms with Crippen LogP contribution in [0.2, 0.25) is 0 Å². The molecule has 0 aromatic rings. The second-order valence-electron chi connectivity index (χ2n) is 9.45. The molecular weight excluding hydrogens is 264 g/mol. The van der Waals surface area contributed by atoms with Crippen LogP contribution in [0.25, 0.3) is 0 Å². The quantitative estimate of drug-likeness (QED) is 0.498. The van der Waals surface area contributed by atoms with E-state index in [2.05, 4.69) is 34.6 Å². The van der Waals surface area contributed by atoms with E-state index < -0.39 is 0 Å². The lowest BCUT2D eigenvalue weighted by Crippen LogP contribution is -2.45. The minimum atomic E-state index is 0.704. The SMILES string of the molecule is CCC(C)C1(C(CC)CC(C)C)C2CCCC2C2CCCC21. The third-order valence-corrected chi connectivity index (χ3v) is 8.39. The third kappa shape index (κ3) is 2.30. The van der Waals surface area contributed by atoms with Gasteiger partial charge in [-0.3, -0.25) is 0 Å². The molecule has 0 bridgehead atoms. The first-order chi connectivity index (χ1) is 10.6. The largest absolute Gasteiger partial charge is 0.0651 e. The van der Waals surface area contributed by atoms with Crippen LogP contribution < -0.4 is 0 Å². The molecule has 22 heavy (non-hydrogen) atoms. The van der Waals surface area contributed by atoms with E-state index in [0.717, 1.165) is 41.4 Å². The van der Waals surface area contributed by atoms with Gasteiger partial charge in [-0.25, -0.2) is 0 Å². The predicted molar refractivity (Wildman–Crippen MR) is 96.8 cm³/mol. The van der Waals surface area contributed by atoms with Crippen LogP contribution in [0, 0.1) is 46.8 Å². The van der Waals surface area contributed by atoms with Gasteiger partial charge >= 0.3 is 0 Å². The highest BCUT2D eigenvalue weighted by atomic mass is 14.7. The van der Waals surface area contributed by atoms with E-state index in [-0.39, 0.29) is 0 Å². The zero-order valence-electron chi connectivity index (χ0n) is 15.9. The molecule has 3 rings (SSSR count). The van der Waals surface area contributed by atoms with Crippen molar-refractivity contribution in [2.24, 2.45) is 46.8 Å². The van der Waals surface area contributed by atoms with E-state index in [1.807, 2.05) is 0 Å². The minimum absolute atomic E-state index is 0.704. The molecule has 0 aromatic carbocycles. The summed E-state index contributed by atoms with van der Waals surface area (Å²) in [6, 6.07) is 0. The van der Waals surface area contributed by atoms with Crippen LogP contribution in [0.5, 0.6) is 0 Å². The number of rotatable bonds is 6. The summed E-state index contributed by atoms with van der Waals surface area (Å²) in [5, 5.41) is 0. The van der Waals surface area contributed by atoms with Gasteiger partial charge in [-0.05, 0) is 78.9 Å². The van der Waals surface area contributed by atoms with Crippen molar-refractivity contribution in [3.63, 3.8) is 0 Å². The zero-order valence-corrected chi connectivity index (χ0v) is 15.9. The summed E-state index contributed by atoms with van der Waals surface area (Å²) in [7, 11) is 0. The maximum atomic E-state index is 2.64. The lowest BCUT2D eigenvalue weighted by atomic mass is 9.53. The van der Waals surface area contributed by atoms with Gasteiger partial charge in [0, 0.05) is 0 Å². The molecule has 3 saturated carbocycles. The molecule has 0 nitrogen and oxygen atoms in total. The van der Waals surface area contributed by atoms with E-state index in [1.165, 1.54) is 32.1 Å². The van der Waals surface area contributed by atoms with Crippen LogP contribution in [0.1, 0.15) is 92.4 Å². The highest BCUT2D eigenvalue weighted by Crippen LogP contribution is 2.71. The maximum absolute atomic E-state index is 2.64. The Morgan fingerprint density at radius 1 is 0.818 bits per heavy atom. The van der Waals surface area contributed by atoms with Gasteiger partial charge in [0.1, 0.15) is 0 Å². The number of hydrogen-bond donors (Lipinski definition) is 0. The Balaban J connectivity index is 2.03. The third-order valence-electron chi connectivity index (χ3n) is 8.39. The van der Waals surface area contributed by atoms with Gasteiger partial charge in [0.05, 0.1) is 0 Å². The average Bonchev–Trinajstić information content (AvgIpc) is 3.17. The molecule has 0 radical (unpaired) electrons. The normalized spacial score (nSPS) is 43.4. The Kier molecular flexibility index (Phi) is 4.96. The highest BCUT2D eigenvalue weighted by molar-refractivity contribution is 5.13. The van der Waals surface area contributed by atoms with Crippen LogP contribution in [-0.2, 0) is 0 Å². The fraction of sp³-hybridized carbons (Fsp3) is 1.00. The van der Waals surface area contributed by atoms with Gasteiger partial charge < -0.3 is 0 Å². The van der Waals surface area contributed by atoms with Crippen molar-refractivity contribution in [2.75, 3.05) is 0 Å². The Bertz CT molecular complexity index is 348. The first-order valence-corrected chi connectivity index (χ1v) is 10.6. The molecule has 0 heterocycles. The Morgan fingerprint density at radius 3 is 1.77 bits per heavy atom. The minimum Gasteiger partial charge on any atom is -0.0651 e. The summed E-state index contributed by atoms with van der Waals surface area (Å²) in [5.41, 5.74) is 0.704. The molecule has 0 spiro atoms. The molecule has 6 unspecified atom stereocenters. The lowest BCUT2D eigenvalue weighted by Gasteiger charge is -2.51. The van der Waals surface area contributed by atoms with Gasteiger partial charge in [-0.15, -0.1) is 0 Å². The molecular formula is C22H40. The van der Waals surface area contributed by atoms with E-state index >= 15 is 0 Å². The second kappa shape index (κ2) is 6.48. The van der Waals surface area contributed by atoms with Gasteiger partial charge in [-0.1, -0.05) is 60.3 Å². The molecule has 3 fully saturated rings. The zero-order chi connectivity index (χ0) is 15.9. The van der Waals surface area contributed by atoms with E-state index in [9.17, 15) is 0 Å². The summed E-state index contributed by atoms with van der Waals surface area (Å²) >= 11 is 0. The molecule has 0 heteroatoms. The van der Waals surface area contributed by atoms with Crippen molar-refractivity contribution in [3.05, 3.63) is 0 Å². The Labute approximate surface area is 139 Å². The standard InChI is InChI=1S/C22H40/c1-6-16(5)22(17(7-2)14-15(3)4)20-12-8-10-18(20)19-11-9-13-21(19)22/h15-21H,6-14H2,1-5H3. The smallest absolute Gasteiger partial charge is 0.0182 e. The van der Waals surface area contributed by atoms with Crippen molar-refractivity contribution >= 4 is 0 Å². The topological polar surface area (TPSA) is 0 Å². The molecule has 0 aromatic heterocycles. The Morgan fingerprint density at radius 2 is 1.36 bits per heavy atom. The lowest BCUT2D eigenvalue weighted by molar-refractivity contribution is -0.0330. The summed E-state index contributed by atoms with van der Waals surface area (Å²) < 4.78 is 0. The molecule has 3 aliphatic rings. The maximum Gasteiger partial charge on any atom is -0.0182 e. The first kappa shape index (κ1) is 16.8. The fourth-order valence-electron chi connectivity index (χ4n) is 7.90. The molecule has 0 amide bonds. The van der Waals surface area contributed by atoms with Crippen LogP contribution in [0.4, 0.5) is 0 Å². The van der Waals surface area contributed by atoms with E-state index in [4.69, 9.17) is 0 Å². The van der Waals surface area contributed by atoms with Crippen LogP contribution in [0.15, 0.2) is 0 Å². The monoisotopic (exact) mass is 304 g/mol. The van der Waals surface area contributed by atoms with Crippen LogP contribution in [-0.4, -0.2) is 0 Å². The molecule has 6 atom stereocenters. The van der Waals surface area contributed by atoms with Gasteiger partial charge in [0.2, 0.25) is 0 Å². The van der Waals surface area contributed by atoms with Crippen molar-refractivity contribution in [1.82, 2.24) is 0 Å². The molecule has 0 saturated heterocycles. The van der Waals surface area contributed by atoms with Crippen LogP contribution in [0.3, 0.4) is 0 Å². The summed E-state index contributed by atoms with van der Waals surface area (Å²) in [5.74, 6) is 7.19. The molecule has 0 aliphatic heterocycles. The molecule has 0 N–H and O–H groups in total. The Hall–Kier alpha value is 0. The van der Waals surface area contributed by atoms with Gasteiger partial charge in [-0.2, -0.15) is 0 Å². The number of fused-ring (bicyclic) bond motifs is 3. The van der Waals surface area contributed by atoms with Gasteiger partial charge in [0.25, 0.3) is 0 Å². The number of hydrogen-bond acceptors (Lipinski definition) is 0. The van der Waals surface area contributed by atoms with Crippen molar-refractivity contribution in [2.45, 2.75) is 92.4 Å². The molecule has 128 valence electrons. The highest BCUT2D eigenvalue weighted by Gasteiger charge is 2.65.